The van der Waals surface area contributed by atoms with Crippen molar-refractivity contribution < 1.29 is 9.59 Å². The Morgan fingerprint density at radius 1 is 0.897 bits per heavy atom. The number of amides is 2. The fraction of sp³-hybridized carbons (Fsp3) is 0.130. The largest absolute Gasteiger partial charge is 0.325 e. The summed E-state index contributed by atoms with van der Waals surface area (Å²) in [5, 5.41) is 6.05. The number of thioether (sulfide) groups is 1. The molecule has 0 aliphatic heterocycles. The molecular weight excluding hydrogens is 404 g/mol. The predicted octanol–water partition coefficient (Wildman–Crippen LogP) is 6.02. The molecule has 1 atom stereocenters. The van der Waals surface area contributed by atoms with Crippen LogP contribution in [0.2, 0.25) is 5.02 Å². The van der Waals surface area contributed by atoms with Crippen LogP contribution < -0.4 is 10.6 Å². The first kappa shape index (κ1) is 21.0. The molecule has 0 bridgehead atoms. The van der Waals surface area contributed by atoms with E-state index < -0.39 is 0 Å². The van der Waals surface area contributed by atoms with E-state index in [4.69, 9.17) is 11.6 Å². The standard InChI is InChI=1S/C23H21ClN2O2S/c1-15-6-3-4-9-21(15)23(28)25-18-10-12-20(13-11-18)29-16(2)22(27)26-19-8-5-7-17(24)14-19/h3-14,16H,1-2H3,(H,25,28)(H,26,27). The third-order valence-electron chi connectivity index (χ3n) is 4.28. The lowest BCUT2D eigenvalue weighted by Crippen LogP contribution is -2.22. The van der Waals surface area contributed by atoms with Crippen molar-refractivity contribution in [3.8, 4) is 0 Å². The maximum Gasteiger partial charge on any atom is 0.255 e. The summed E-state index contributed by atoms with van der Waals surface area (Å²) in [6.45, 7) is 3.75. The first-order valence-corrected chi connectivity index (χ1v) is 10.4. The van der Waals surface area contributed by atoms with Gasteiger partial charge in [-0.25, -0.2) is 0 Å². The summed E-state index contributed by atoms with van der Waals surface area (Å²) >= 11 is 7.39. The number of hydrogen-bond donors (Lipinski definition) is 2. The van der Waals surface area contributed by atoms with Crippen LogP contribution >= 0.6 is 23.4 Å². The van der Waals surface area contributed by atoms with Gasteiger partial charge < -0.3 is 10.6 Å². The Morgan fingerprint density at radius 2 is 1.62 bits per heavy atom. The van der Waals surface area contributed by atoms with Crippen LogP contribution in [0.25, 0.3) is 0 Å². The molecule has 0 aliphatic rings. The lowest BCUT2D eigenvalue weighted by atomic mass is 10.1. The molecule has 0 fully saturated rings. The molecule has 2 N–H and O–H groups in total. The third-order valence-corrected chi connectivity index (χ3v) is 5.62. The summed E-state index contributed by atoms with van der Waals surface area (Å²) in [6, 6.07) is 22.0. The fourth-order valence-electron chi connectivity index (χ4n) is 2.71. The average molecular weight is 425 g/mol. The highest BCUT2D eigenvalue weighted by Gasteiger charge is 2.15. The highest BCUT2D eigenvalue weighted by molar-refractivity contribution is 8.00. The number of hydrogen-bond acceptors (Lipinski definition) is 3. The third kappa shape index (κ3) is 5.86. The molecule has 148 valence electrons. The first-order valence-electron chi connectivity index (χ1n) is 9.12. The van der Waals surface area contributed by atoms with E-state index in [0.29, 0.717) is 22.0 Å². The molecule has 1 unspecified atom stereocenters. The van der Waals surface area contributed by atoms with Crippen molar-refractivity contribution in [3.63, 3.8) is 0 Å². The molecular formula is C23H21ClN2O2S. The Morgan fingerprint density at radius 3 is 2.31 bits per heavy atom. The smallest absolute Gasteiger partial charge is 0.255 e. The summed E-state index contributed by atoms with van der Waals surface area (Å²) in [6.07, 6.45) is 0. The molecule has 3 rings (SSSR count). The molecule has 0 heterocycles. The fourth-order valence-corrected chi connectivity index (χ4v) is 3.77. The molecule has 0 aliphatic carbocycles. The van der Waals surface area contributed by atoms with Crippen molar-refractivity contribution >= 4 is 46.6 Å². The number of benzene rings is 3. The van der Waals surface area contributed by atoms with Crippen molar-refractivity contribution in [2.75, 3.05) is 10.6 Å². The molecule has 0 spiro atoms. The van der Waals surface area contributed by atoms with Crippen molar-refractivity contribution in [2.24, 2.45) is 0 Å². The van der Waals surface area contributed by atoms with Gasteiger partial charge in [0.05, 0.1) is 5.25 Å². The number of carbonyl (C=O) groups is 2. The van der Waals surface area contributed by atoms with Gasteiger partial charge in [-0.15, -0.1) is 11.8 Å². The summed E-state index contributed by atoms with van der Waals surface area (Å²) in [5.41, 5.74) is 2.96. The normalized spacial score (nSPS) is 11.6. The highest BCUT2D eigenvalue weighted by Crippen LogP contribution is 2.26. The van der Waals surface area contributed by atoms with Crippen molar-refractivity contribution in [3.05, 3.63) is 88.9 Å². The zero-order chi connectivity index (χ0) is 20.8. The van der Waals surface area contributed by atoms with E-state index >= 15 is 0 Å². The monoisotopic (exact) mass is 424 g/mol. The van der Waals surface area contributed by atoms with Crippen LogP contribution in [0.15, 0.2) is 77.7 Å². The van der Waals surface area contributed by atoms with Crippen LogP contribution in [0.3, 0.4) is 0 Å². The lowest BCUT2D eigenvalue weighted by molar-refractivity contribution is -0.115. The van der Waals surface area contributed by atoms with Gasteiger partial charge in [0.2, 0.25) is 5.91 Å². The van der Waals surface area contributed by atoms with Gasteiger partial charge in [0, 0.05) is 26.9 Å². The maximum atomic E-state index is 12.4. The van der Waals surface area contributed by atoms with Crippen LogP contribution in [0.4, 0.5) is 11.4 Å². The minimum absolute atomic E-state index is 0.103. The molecule has 0 radical (unpaired) electrons. The van der Waals surface area contributed by atoms with Crippen LogP contribution in [0.1, 0.15) is 22.8 Å². The van der Waals surface area contributed by atoms with Gasteiger partial charge in [-0.05, 0) is 67.9 Å². The van der Waals surface area contributed by atoms with Crippen molar-refractivity contribution in [2.45, 2.75) is 24.0 Å². The zero-order valence-electron chi connectivity index (χ0n) is 16.1. The topological polar surface area (TPSA) is 58.2 Å². The molecule has 0 aromatic heterocycles. The summed E-state index contributed by atoms with van der Waals surface area (Å²) in [5.74, 6) is -0.244. The van der Waals surface area contributed by atoms with Gasteiger partial charge in [-0.3, -0.25) is 9.59 Å². The van der Waals surface area contributed by atoms with E-state index in [-0.39, 0.29) is 17.1 Å². The van der Waals surface area contributed by atoms with Gasteiger partial charge in [0.15, 0.2) is 0 Å². The predicted molar refractivity (Wildman–Crippen MR) is 121 cm³/mol. The van der Waals surface area contributed by atoms with E-state index in [1.807, 2.05) is 56.3 Å². The van der Waals surface area contributed by atoms with E-state index in [1.165, 1.54) is 11.8 Å². The van der Waals surface area contributed by atoms with E-state index in [0.717, 1.165) is 10.5 Å². The molecule has 0 saturated carbocycles. The summed E-state index contributed by atoms with van der Waals surface area (Å²) in [7, 11) is 0. The molecule has 3 aromatic carbocycles. The van der Waals surface area contributed by atoms with E-state index in [2.05, 4.69) is 10.6 Å². The quantitative estimate of drug-likeness (QED) is 0.475. The van der Waals surface area contributed by atoms with Gasteiger partial charge in [-0.2, -0.15) is 0 Å². The number of nitrogens with one attached hydrogen (secondary N) is 2. The molecule has 29 heavy (non-hydrogen) atoms. The second-order valence-electron chi connectivity index (χ2n) is 6.55. The number of rotatable bonds is 6. The maximum absolute atomic E-state index is 12.4. The molecule has 0 saturated heterocycles. The van der Waals surface area contributed by atoms with Gasteiger partial charge in [-0.1, -0.05) is 35.9 Å². The Balaban J connectivity index is 1.57. The van der Waals surface area contributed by atoms with E-state index in [1.54, 1.807) is 30.3 Å². The summed E-state index contributed by atoms with van der Waals surface area (Å²) in [4.78, 5) is 25.7. The van der Waals surface area contributed by atoms with Crippen molar-refractivity contribution in [1.82, 2.24) is 0 Å². The lowest BCUT2D eigenvalue weighted by Gasteiger charge is -2.13. The summed E-state index contributed by atoms with van der Waals surface area (Å²) < 4.78 is 0. The van der Waals surface area contributed by atoms with Gasteiger partial charge >= 0.3 is 0 Å². The molecule has 4 nitrogen and oxygen atoms in total. The van der Waals surface area contributed by atoms with Crippen LogP contribution in [-0.4, -0.2) is 17.1 Å². The SMILES string of the molecule is Cc1ccccc1C(=O)Nc1ccc(SC(C)C(=O)Nc2cccc(Cl)c2)cc1. The van der Waals surface area contributed by atoms with Gasteiger partial charge in [0.25, 0.3) is 5.91 Å². The van der Waals surface area contributed by atoms with E-state index in [9.17, 15) is 9.59 Å². The number of aryl methyl sites for hydroxylation is 1. The number of carbonyl (C=O) groups excluding carboxylic acids is 2. The van der Waals surface area contributed by atoms with Gasteiger partial charge in [0.1, 0.15) is 0 Å². The minimum atomic E-state index is -0.290. The molecule has 3 aromatic rings. The molecule has 2 amide bonds. The minimum Gasteiger partial charge on any atom is -0.325 e. The Hall–Kier alpha value is -2.76. The number of anilines is 2. The van der Waals surface area contributed by atoms with Crippen LogP contribution in [0.5, 0.6) is 0 Å². The highest BCUT2D eigenvalue weighted by atomic mass is 35.5. The molecule has 6 heteroatoms. The Kier molecular flexibility index (Phi) is 6.96. The number of halogens is 1. The first-order chi connectivity index (χ1) is 13.9. The Bertz CT molecular complexity index is 1020. The van der Waals surface area contributed by atoms with Crippen molar-refractivity contribution in [1.29, 1.82) is 0 Å². The Labute approximate surface area is 179 Å². The average Bonchev–Trinajstić information content (AvgIpc) is 2.69. The van der Waals surface area contributed by atoms with Crippen LogP contribution in [0, 0.1) is 6.92 Å². The second-order valence-corrected chi connectivity index (χ2v) is 8.40. The second kappa shape index (κ2) is 9.63. The van der Waals surface area contributed by atoms with Crippen LogP contribution in [-0.2, 0) is 4.79 Å². The zero-order valence-corrected chi connectivity index (χ0v) is 17.7.